The van der Waals surface area contributed by atoms with Crippen LogP contribution in [0.1, 0.15) is 13.8 Å². The molecule has 116 valence electrons. The Morgan fingerprint density at radius 2 is 1.85 bits per heavy atom. The molecule has 3 unspecified atom stereocenters. The lowest BCUT2D eigenvalue weighted by Gasteiger charge is -2.41. The summed E-state index contributed by atoms with van der Waals surface area (Å²) in [5, 5.41) is 0. The number of nitrogens with two attached hydrogens (primary N) is 1. The number of morpholine rings is 1. The van der Waals surface area contributed by atoms with Gasteiger partial charge in [0.05, 0.1) is 18.8 Å². The third kappa shape index (κ3) is 3.91. The highest BCUT2D eigenvalue weighted by molar-refractivity contribution is 5.78. The number of amides is 1. The SMILES string of the molecule is CC1CN(C(=O)CN2CCN(C)CC2CN)CC(C)O1. The summed E-state index contributed by atoms with van der Waals surface area (Å²) >= 11 is 0. The van der Waals surface area contributed by atoms with E-state index in [0.29, 0.717) is 26.2 Å². The summed E-state index contributed by atoms with van der Waals surface area (Å²) < 4.78 is 5.68. The van der Waals surface area contributed by atoms with E-state index in [2.05, 4.69) is 16.8 Å². The van der Waals surface area contributed by atoms with E-state index in [1.807, 2.05) is 18.7 Å². The molecule has 2 saturated heterocycles. The second-order valence-electron chi connectivity index (χ2n) is 6.18. The monoisotopic (exact) mass is 284 g/mol. The molecule has 2 heterocycles. The fourth-order valence-corrected chi connectivity index (χ4v) is 3.14. The zero-order valence-electron chi connectivity index (χ0n) is 12.9. The highest BCUT2D eigenvalue weighted by atomic mass is 16.5. The van der Waals surface area contributed by atoms with Crippen molar-refractivity contribution in [3.05, 3.63) is 0 Å². The lowest BCUT2D eigenvalue weighted by Crippen LogP contribution is -2.58. The van der Waals surface area contributed by atoms with Crippen LogP contribution in [0, 0.1) is 0 Å². The van der Waals surface area contributed by atoms with Gasteiger partial charge in [-0.15, -0.1) is 0 Å². The Kier molecular flexibility index (Phi) is 5.37. The molecule has 0 aromatic heterocycles. The first-order chi connectivity index (χ1) is 9.49. The number of carbonyl (C=O) groups excluding carboxylic acids is 1. The van der Waals surface area contributed by atoms with E-state index in [1.165, 1.54) is 0 Å². The zero-order chi connectivity index (χ0) is 14.7. The maximum absolute atomic E-state index is 12.5. The molecule has 2 rings (SSSR count). The van der Waals surface area contributed by atoms with Crippen LogP contribution in [0.5, 0.6) is 0 Å². The van der Waals surface area contributed by atoms with E-state index in [0.717, 1.165) is 19.6 Å². The fraction of sp³-hybridized carbons (Fsp3) is 0.929. The molecule has 2 N–H and O–H groups in total. The lowest BCUT2D eigenvalue weighted by molar-refractivity contribution is -0.145. The van der Waals surface area contributed by atoms with Gasteiger partial charge in [0.15, 0.2) is 0 Å². The van der Waals surface area contributed by atoms with Crippen molar-refractivity contribution in [1.29, 1.82) is 0 Å². The number of carbonyl (C=O) groups is 1. The largest absolute Gasteiger partial charge is 0.372 e. The van der Waals surface area contributed by atoms with Crippen molar-refractivity contribution < 1.29 is 9.53 Å². The first kappa shape index (κ1) is 15.7. The van der Waals surface area contributed by atoms with Crippen molar-refractivity contribution >= 4 is 5.91 Å². The smallest absolute Gasteiger partial charge is 0.236 e. The molecule has 0 radical (unpaired) electrons. The highest BCUT2D eigenvalue weighted by Gasteiger charge is 2.30. The van der Waals surface area contributed by atoms with E-state index in [-0.39, 0.29) is 24.2 Å². The van der Waals surface area contributed by atoms with Gasteiger partial charge in [-0.2, -0.15) is 0 Å². The van der Waals surface area contributed by atoms with Gasteiger partial charge in [0.1, 0.15) is 0 Å². The van der Waals surface area contributed by atoms with E-state index >= 15 is 0 Å². The van der Waals surface area contributed by atoms with Crippen LogP contribution in [-0.4, -0.2) is 91.7 Å². The Morgan fingerprint density at radius 3 is 2.45 bits per heavy atom. The summed E-state index contributed by atoms with van der Waals surface area (Å²) in [5.41, 5.74) is 5.84. The minimum atomic E-state index is 0.125. The summed E-state index contributed by atoms with van der Waals surface area (Å²) in [6, 6.07) is 0.286. The number of hydrogen-bond donors (Lipinski definition) is 1. The maximum atomic E-state index is 12.5. The number of rotatable bonds is 3. The Hall–Kier alpha value is -0.690. The average Bonchev–Trinajstić information content (AvgIpc) is 2.39. The summed E-state index contributed by atoms with van der Waals surface area (Å²) in [6.07, 6.45) is 0.251. The van der Waals surface area contributed by atoms with Gasteiger partial charge in [0.2, 0.25) is 5.91 Å². The Labute approximate surface area is 121 Å². The minimum absolute atomic E-state index is 0.125. The molecule has 6 heteroatoms. The Balaban J connectivity index is 1.89. The molecule has 0 saturated carbocycles. The molecule has 1 amide bonds. The fourth-order valence-electron chi connectivity index (χ4n) is 3.14. The van der Waals surface area contributed by atoms with Crippen molar-refractivity contribution in [2.75, 3.05) is 52.9 Å². The third-order valence-corrected chi connectivity index (χ3v) is 4.19. The topological polar surface area (TPSA) is 62.0 Å². The van der Waals surface area contributed by atoms with Crippen molar-refractivity contribution in [2.24, 2.45) is 5.73 Å². The molecule has 2 aliphatic heterocycles. The average molecular weight is 284 g/mol. The van der Waals surface area contributed by atoms with Crippen LogP contribution >= 0.6 is 0 Å². The molecule has 0 spiro atoms. The minimum Gasteiger partial charge on any atom is -0.372 e. The predicted octanol–water partition coefficient (Wildman–Crippen LogP) is -0.803. The highest BCUT2D eigenvalue weighted by Crippen LogP contribution is 2.13. The lowest BCUT2D eigenvalue weighted by atomic mass is 10.1. The molecule has 2 aliphatic rings. The summed E-state index contributed by atoms with van der Waals surface area (Å²) in [4.78, 5) is 18.9. The predicted molar refractivity (Wildman–Crippen MR) is 78.5 cm³/mol. The van der Waals surface area contributed by atoms with Crippen LogP contribution in [0.25, 0.3) is 0 Å². The van der Waals surface area contributed by atoms with Gasteiger partial charge in [-0.3, -0.25) is 9.69 Å². The molecule has 0 bridgehead atoms. The van der Waals surface area contributed by atoms with Crippen LogP contribution in [0.2, 0.25) is 0 Å². The number of likely N-dealkylation sites (N-methyl/N-ethyl adjacent to an activating group) is 1. The van der Waals surface area contributed by atoms with E-state index < -0.39 is 0 Å². The molecule has 6 nitrogen and oxygen atoms in total. The molecule has 0 aliphatic carbocycles. The van der Waals surface area contributed by atoms with Gasteiger partial charge in [-0.25, -0.2) is 0 Å². The normalized spacial score (nSPS) is 33.4. The van der Waals surface area contributed by atoms with Crippen molar-refractivity contribution in [1.82, 2.24) is 14.7 Å². The molecular formula is C14H28N4O2. The van der Waals surface area contributed by atoms with Crippen molar-refractivity contribution in [3.63, 3.8) is 0 Å². The van der Waals surface area contributed by atoms with Crippen LogP contribution in [0.3, 0.4) is 0 Å². The molecule has 0 aromatic carbocycles. The summed E-state index contributed by atoms with van der Waals surface area (Å²) in [6.45, 7) is 9.39. The van der Waals surface area contributed by atoms with Gasteiger partial charge >= 0.3 is 0 Å². The second-order valence-corrected chi connectivity index (χ2v) is 6.18. The first-order valence-electron chi connectivity index (χ1n) is 7.55. The third-order valence-electron chi connectivity index (χ3n) is 4.19. The standard InChI is InChI=1S/C14H28N4O2/c1-11-7-18(8-12(2)20-11)14(19)10-17-5-4-16(3)9-13(17)6-15/h11-13H,4-10,15H2,1-3H3. The van der Waals surface area contributed by atoms with Gasteiger partial charge < -0.3 is 20.3 Å². The van der Waals surface area contributed by atoms with Gasteiger partial charge in [0, 0.05) is 45.3 Å². The van der Waals surface area contributed by atoms with E-state index in [1.54, 1.807) is 0 Å². The summed E-state index contributed by atoms with van der Waals surface area (Å²) in [5.74, 6) is 0.204. The number of piperazine rings is 1. The number of nitrogens with zero attached hydrogens (tertiary/aromatic N) is 3. The van der Waals surface area contributed by atoms with Gasteiger partial charge in [-0.05, 0) is 20.9 Å². The van der Waals surface area contributed by atoms with Crippen LogP contribution < -0.4 is 5.73 Å². The second kappa shape index (κ2) is 6.85. The Morgan fingerprint density at radius 1 is 1.20 bits per heavy atom. The quantitative estimate of drug-likeness (QED) is 0.735. The zero-order valence-corrected chi connectivity index (χ0v) is 12.9. The van der Waals surface area contributed by atoms with Crippen LogP contribution in [-0.2, 0) is 9.53 Å². The molecule has 20 heavy (non-hydrogen) atoms. The summed E-state index contributed by atoms with van der Waals surface area (Å²) in [7, 11) is 2.10. The van der Waals surface area contributed by atoms with Crippen LogP contribution in [0.15, 0.2) is 0 Å². The first-order valence-corrected chi connectivity index (χ1v) is 7.55. The number of hydrogen-bond acceptors (Lipinski definition) is 5. The Bertz CT molecular complexity index is 329. The number of ether oxygens (including phenoxy) is 1. The molecule has 0 aromatic rings. The van der Waals surface area contributed by atoms with Crippen molar-refractivity contribution in [2.45, 2.75) is 32.1 Å². The van der Waals surface area contributed by atoms with E-state index in [9.17, 15) is 4.79 Å². The maximum Gasteiger partial charge on any atom is 0.236 e. The van der Waals surface area contributed by atoms with Crippen LogP contribution in [0.4, 0.5) is 0 Å². The van der Waals surface area contributed by atoms with Gasteiger partial charge in [0.25, 0.3) is 0 Å². The van der Waals surface area contributed by atoms with E-state index in [4.69, 9.17) is 10.5 Å². The van der Waals surface area contributed by atoms with Gasteiger partial charge in [-0.1, -0.05) is 0 Å². The molecule has 3 atom stereocenters. The molecule has 2 fully saturated rings. The van der Waals surface area contributed by atoms with Crippen molar-refractivity contribution in [3.8, 4) is 0 Å². The molecular weight excluding hydrogens is 256 g/mol.